The van der Waals surface area contributed by atoms with Crippen molar-refractivity contribution in [2.45, 2.75) is 39.8 Å². The quantitative estimate of drug-likeness (QED) is 0.157. The standard InChI is InChI=1S/C31H31N3O6/c1-5-38-21-15-16-22(25(17-21)39-6-2)28(35)26-27(19-11-13-20(14-12-19)40-18(3)4)34(30(37)29(26)36)31-32-23-9-7-8-10-24(23)33-31/h7-18,27,35H,5-6H2,1-4H3,(H,32,33)/b28-26+. The van der Waals surface area contributed by atoms with Crippen molar-refractivity contribution in [2.24, 2.45) is 0 Å². The Kier molecular flexibility index (Phi) is 7.46. The van der Waals surface area contributed by atoms with Crippen molar-refractivity contribution in [1.82, 2.24) is 9.97 Å². The minimum absolute atomic E-state index is 0.0244. The second-order valence-electron chi connectivity index (χ2n) is 9.51. The van der Waals surface area contributed by atoms with Crippen LogP contribution in [0.3, 0.4) is 0 Å². The second kappa shape index (κ2) is 11.1. The summed E-state index contributed by atoms with van der Waals surface area (Å²) in [5.74, 6) is -0.256. The molecule has 0 radical (unpaired) electrons. The largest absolute Gasteiger partial charge is 0.507 e. The van der Waals surface area contributed by atoms with Gasteiger partial charge in [-0.1, -0.05) is 24.3 Å². The van der Waals surface area contributed by atoms with Crippen LogP contribution in [0.1, 0.15) is 44.9 Å². The Labute approximate surface area is 232 Å². The number of hydrogen-bond acceptors (Lipinski definition) is 7. The number of aliphatic hydroxyl groups excluding tert-OH is 1. The molecule has 0 saturated carbocycles. The molecule has 1 atom stereocenters. The average molecular weight is 542 g/mol. The summed E-state index contributed by atoms with van der Waals surface area (Å²) in [6, 6.07) is 18.4. The summed E-state index contributed by atoms with van der Waals surface area (Å²) in [6.45, 7) is 8.32. The number of hydrogen-bond donors (Lipinski definition) is 2. The summed E-state index contributed by atoms with van der Waals surface area (Å²) in [7, 11) is 0. The lowest BCUT2D eigenvalue weighted by atomic mass is 9.95. The van der Waals surface area contributed by atoms with E-state index in [0.717, 1.165) is 0 Å². The molecular weight excluding hydrogens is 510 g/mol. The van der Waals surface area contributed by atoms with Gasteiger partial charge in [0, 0.05) is 6.07 Å². The Morgan fingerprint density at radius 1 is 0.975 bits per heavy atom. The highest BCUT2D eigenvalue weighted by molar-refractivity contribution is 6.51. The van der Waals surface area contributed by atoms with E-state index >= 15 is 0 Å². The van der Waals surface area contributed by atoms with E-state index in [1.165, 1.54) is 4.90 Å². The van der Waals surface area contributed by atoms with Crippen LogP contribution < -0.4 is 19.1 Å². The third-order valence-electron chi connectivity index (χ3n) is 6.44. The van der Waals surface area contributed by atoms with Gasteiger partial charge in [-0.25, -0.2) is 4.98 Å². The normalized spacial score (nSPS) is 16.6. The highest BCUT2D eigenvalue weighted by Crippen LogP contribution is 2.43. The zero-order valence-electron chi connectivity index (χ0n) is 22.8. The summed E-state index contributed by atoms with van der Waals surface area (Å²) in [4.78, 5) is 36.2. The molecule has 1 saturated heterocycles. The number of benzene rings is 3. The molecule has 3 aromatic carbocycles. The smallest absolute Gasteiger partial charge is 0.302 e. The lowest BCUT2D eigenvalue weighted by Crippen LogP contribution is -2.30. The minimum atomic E-state index is -0.963. The van der Waals surface area contributed by atoms with E-state index in [-0.39, 0.29) is 28.9 Å². The van der Waals surface area contributed by atoms with Gasteiger partial charge in [-0.05, 0) is 69.7 Å². The van der Waals surface area contributed by atoms with Crippen LogP contribution in [0.2, 0.25) is 0 Å². The number of Topliss-reactive ketones (excluding diaryl/α,β-unsaturated/α-hetero) is 1. The van der Waals surface area contributed by atoms with E-state index in [4.69, 9.17) is 14.2 Å². The maximum absolute atomic E-state index is 13.6. The number of carbonyl (C=O) groups excluding carboxylic acids is 2. The predicted molar refractivity (Wildman–Crippen MR) is 152 cm³/mol. The number of amides is 1. The van der Waals surface area contributed by atoms with Gasteiger partial charge in [-0.3, -0.25) is 14.5 Å². The molecule has 2 N–H and O–H groups in total. The molecular formula is C31H31N3O6. The van der Waals surface area contributed by atoms with E-state index in [2.05, 4.69) is 9.97 Å². The van der Waals surface area contributed by atoms with Crippen LogP contribution >= 0.6 is 0 Å². The van der Waals surface area contributed by atoms with Crippen molar-refractivity contribution in [2.75, 3.05) is 18.1 Å². The fraction of sp³-hybridized carbons (Fsp3) is 0.258. The summed E-state index contributed by atoms with van der Waals surface area (Å²) >= 11 is 0. The summed E-state index contributed by atoms with van der Waals surface area (Å²) in [5.41, 5.74) is 2.15. The second-order valence-corrected chi connectivity index (χ2v) is 9.51. The molecule has 1 amide bonds. The summed E-state index contributed by atoms with van der Waals surface area (Å²) < 4.78 is 17.2. The number of rotatable bonds is 9. The third-order valence-corrected chi connectivity index (χ3v) is 6.44. The molecule has 1 unspecified atom stereocenters. The van der Waals surface area contributed by atoms with E-state index in [1.807, 2.05) is 52.0 Å². The Bertz CT molecular complexity index is 1560. The predicted octanol–water partition coefficient (Wildman–Crippen LogP) is 5.77. The molecule has 1 fully saturated rings. The molecule has 2 heterocycles. The Morgan fingerprint density at radius 2 is 1.68 bits per heavy atom. The fourth-order valence-electron chi connectivity index (χ4n) is 4.80. The lowest BCUT2D eigenvalue weighted by molar-refractivity contribution is -0.132. The number of fused-ring (bicyclic) bond motifs is 1. The Morgan fingerprint density at radius 3 is 2.35 bits per heavy atom. The van der Waals surface area contributed by atoms with Gasteiger partial charge in [0.2, 0.25) is 5.95 Å². The van der Waals surface area contributed by atoms with E-state index in [1.54, 1.807) is 42.5 Å². The Hall–Kier alpha value is -4.79. The van der Waals surface area contributed by atoms with Crippen molar-refractivity contribution < 1.29 is 28.9 Å². The van der Waals surface area contributed by atoms with Crippen LogP contribution in [-0.4, -0.2) is 46.1 Å². The van der Waals surface area contributed by atoms with E-state index in [0.29, 0.717) is 47.1 Å². The van der Waals surface area contributed by atoms with Gasteiger partial charge in [0.25, 0.3) is 5.78 Å². The first-order valence-electron chi connectivity index (χ1n) is 13.2. The van der Waals surface area contributed by atoms with Gasteiger partial charge in [0.15, 0.2) is 0 Å². The number of aromatic nitrogens is 2. The van der Waals surface area contributed by atoms with Crippen molar-refractivity contribution in [3.05, 3.63) is 83.4 Å². The Balaban J connectivity index is 1.69. The number of anilines is 1. The van der Waals surface area contributed by atoms with Crippen molar-refractivity contribution >= 4 is 34.4 Å². The van der Waals surface area contributed by atoms with Crippen LogP contribution in [0, 0.1) is 0 Å². The maximum atomic E-state index is 13.6. The molecule has 4 aromatic rings. The lowest BCUT2D eigenvalue weighted by Gasteiger charge is -2.23. The molecule has 1 aliphatic rings. The number of carbonyl (C=O) groups is 2. The van der Waals surface area contributed by atoms with E-state index < -0.39 is 17.7 Å². The highest BCUT2D eigenvalue weighted by Gasteiger charge is 2.48. The minimum Gasteiger partial charge on any atom is -0.507 e. The molecule has 1 aromatic heterocycles. The summed E-state index contributed by atoms with van der Waals surface area (Å²) in [5, 5.41) is 11.7. The third kappa shape index (κ3) is 4.98. The zero-order chi connectivity index (χ0) is 28.4. The monoisotopic (exact) mass is 541 g/mol. The van der Waals surface area contributed by atoms with Gasteiger partial charge in [-0.2, -0.15) is 0 Å². The maximum Gasteiger partial charge on any atom is 0.302 e. The molecule has 0 bridgehead atoms. The van der Waals surface area contributed by atoms with Gasteiger partial charge >= 0.3 is 5.91 Å². The van der Waals surface area contributed by atoms with Crippen LogP contribution in [0.4, 0.5) is 5.95 Å². The van der Waals surface area contributed by atoms with Gasteiger partial charge in [0.1, 0.15) is 23.0 Å². The fourth-order valence-corrected chi connectivity index (χ4v) is 4.80. The molecule has 1 aliphatic heterocycles. The van der Waals surface area contributed by atoms with E-state index in [9.17, 15) is 14.7 Å². The first-order valence-corrected chi connectivity index (χ1v) is 13.2. The van der Waals surface area contributed by atoms with Gasteiger partial charge < -0.3 is 24.3 Å². The van der Waals surface area contributed by atoms with Gasteiger partial charge in [-0.15, -0.1) is 0 Å². The number of H-pyrrole nitrogens is 1. The number of para-hydroxylation sites is 2. The SMILES string of the molecule is CCOc1ccc(/C(O)=C2\C(=O)C(=O)N(c3nc4ccccc4[nH]3)C2c2ccc(OC(C)C)cc2)c(OCC)c1. The first-order chi connectivity index (χ1) is 19.3. The molecule has 9 nitrogen and oxygen atoms in total. The van der Waals surface area contributed by atoms with Gasteiger partial charge in [0.05, 0.1) is 47.5 Å². The molecule has 5 rings (SSSR count). The molecule has 0 aliphatic carbocycles. The van der Waals surface area contributed by atoms with Crippen LogP contribution in [0.15, 0.2) is 72.3 Å². The molecule has 206 valence electrons. The average Bonchev–Trinajstić information content (AvgIpc) is 3.47. The van der Waals surface area contributed by atoms with Crippen molar-refractivity contribution in [1.29, 1.82) is 0 Å². The topological polar surface area (TPSA) is 114 Å². The molecule has 0 spiro atoms. The van der Waals surface area contributed by atoms with Crippen LogP contribution in [0.5, 0.6) is 17.2 Å². The number of imidazole rings is 1. The first kappa shape index (κ1) is 26.8. The number of aromatic amines is 1. The number of nitrogens with zero attached hydrogens (tertiary/aromatic N) is 2. The molecule has 40 heavy (non-hydrogen) atoms. The highest BCUT2D eigenvalue weighted by atomic mass is 16.5. The zero-order valence-corrected chi connectivity index (χ0v) is 22.8. The van der Waals surface area contributed by atoms with Crippen molar-refractivity contribution in [3.8, 4) is 17.2 Å². The molecule has 9 heteroatoms. The van der Waals surface area contributed by atoms with Crippen LogP contribution in [-0.2, 0) is 9.59 Å². The number of aliphatic hydroxyl groups is 1. The number of ether oxygens (including phenoxy) is 3. The summed E-state index contributed by atoms with van der Waals surface area (Å²) in [6.07, 6.45) is -0.0244. The van der Waals surface area contributed by atoms with Crippen LogP contribution in [0.25, 0.3) is 16.8 Å². The number of ketones is 1. The van der Waals surface area contributed by atoms with Crippen molar-refractivity contribution in [3.63, 3.8) is 0 Å². The number of nitrogens with one attached hydrogen (secondary N) is 1.